The smallest absolute Gasteiger partial charge is 0.475 e. The summed E-state index contributed by atoms with van der Waals surface area (Å²) in [5.74, 6) is -8.12. The average molecular weight is 670 g/mol. The highest BCUT2D eigenvalue weighted by Gasteiger charge is 2.39. The van der Waals surface area contributed by atoms with Gasteiger partial charge in [-0.2, -0.15) is 26.3 Å². The fourth-order valence-corrected chi connectivity index (χ4v) is 4.02. The zero-order valence-electron chi connectivity index (χ0n) is 23.7. The molecule has 4 rings (SSSR count). The predicted molar refractivity (Wildman–Crippen MR) is 143 cm³/mol. The number of aromatic amines is 1. The number of alkyl halides is 6. The molecule has 1 fully saturated rings. The number of halogens is 8. The maximum Gasteiger partial charge on any atom is 0.490 e. The van der Waals surface area contributed by atoms with E-state index in [1.54, 1.807) is 12.4 Å². The van der Waals surface area contributed by atoms with Crippen LogP contribution in [0.2, 0.25) is 0 Å². The third kappa shape index (κ3) is 11.6. The minimum Gasteiger partial charge on any atom is -0.475 e. The minimum atomic E-state index is -5.08. The van der Waals surface area contributed by atoms with E-state index in [4.69, 9.17) is 19.8 Å². The highest BCUT2D eigenvalue weighted by molar-refractivity contribution is 5.90. The molecule has 0 spiro atoms. The molecule has 1 aromatic carbocycles. The number of carbonyl (C=O) groups is 4. The predicted octanol–water partition coefficient (Wildman–Crippen LogP) is 3.55. The van der Waals surface area contributed by atoms with Gasteiger partial charge < -0.3 is 25.8 Å². The second-order valence-electron chi connectivity index (χ2n) is 9.74. The Morgan fingerprint density at radius 1 is 0.978 bits per heavy atom. The Labute approximate surface area is 254 Å². The van der Waals surface area contributed by atoms with Crippen molar-refractivity contribution in [2.24, 2.45) is 0 Å². The summed E-state index contributed by atoms with van der Waals surface area (Å²) in [6.07, 6.45) is -5.06. The van der Waals surface area contributed by atoms with Gasteiger partial charge in [-0.05, 0) is 61.8 Å². The van der Waals surface area contributed by atoms with Crippen molar-refractivity contribution >= 4 is 34.8 Å². The molecule has 2 atom stereocenters. The van der Waals surface area contributed by atoms with Crippen LogP contribution >= 0.6 is 0 Å². The first-order valence-corrected chi connectivity index (χ1v) is 13.0. The number of H-pyrrole nitrogens is 1. The molecular formula is C27H27F8N5O6. The number of hydrogen-bond acceptors (Lipinski definition) is 6. The summed E-state index contributed by atoms with van der Waals surface area (Å²) in [6, 6.07) is 6.04. The highest BCUT2D eigenvalue weighted by atomic mass is 19.4. The van der Waals surface area contributed by atoms with Crippen molar-refractivity contribution in [3.63, 3.8) is 0 Å². The number of fused-ring (bicyclic) bond motifs is 1. The van der Waals surface area contributed by atoms with Crippen molar-refractivity contribution in [3.8, 4) is 0 Å². The standard InChI is InChI=1S/C23H25F2N5O2.2C2HF3O2/c1-30-8-2-3-20(30)23(32)29-19(11-14-4-5-17(24)18(25)10-14)22(31)28-13-15-9-16-6-7-26-21(16)27-12-15;2*3-2(4,5)1(6)7/h4-7,9-10,12,19-20H,2-3,8,11,13H2,1H3,(H,26,27)(H,28,31)(H,29,32);2*(H,6,7)/t19-,20+;;/m0../s1. The van der Waals surface area contributed by atoms with Crippen LogP contribution in [0.15, 0.2) is 42.7 Å². The molecule has 0 unspecified atom stereocenters. The number of nitrogens with zero attached hydrogens (tertiary/aromatic N) is 2. The van der Waals surface area contributed by atoms with Crippen LogP contribution in [-0.4, -0.2) is 86.9 Å². The Kier molecular flexibility index (Phi) is 13.0. The van der Waals surface area contributed by atoms with Gasteiger partial charge in [0.2, 0.25) is 11.8 Å². The van der Waals surface area contributed by atoms with Crippen molar-refractivity contribution in [3.05, 3.63) is 65.5 Å². The summed E-state index contributed by atoms with van der Waals surface area (Å²) in [7, 11) is 1.87. The second kappa shape index (κ2) is 16.0. The van der Waals surface area contributed by atoms with Crippen LogP contribution in [0, 0.1) is 11.6 Å². The Morgan fingerprint density at radius 2 is 1.59 bits per heavy atom. The molecule has 46 heavy (non-hydrogen) atoms. The Balaban J connectivity index is 0.000000440. The normalized spacial score (nSPS) is 15.5. The fraction of sp³-hybridized carbons (Fsp3) is 0.370. The number of amides is 2. The summed E-state index contributed by atoms with van der Waals surface area (Å²) < 4.78 is 90.5. The maximum absolute atomic E-state index is 13.7. The summed E-state index contributed by atoms with van der Waals surface area (Å²) in [6.45, 7) is 1.03. The molecule has 1 aliphatic heterocycles. The fourth-order valence-electron chi connectivity index (χ4n) is 4.02. The minimum absolute atomic E-state index is 0.0420. The van der Waals surface area contributed by atoms with E-state index in [2.05, 4.69) is 20.6 Å². The molecule has 3 heterocycles. The molecule has 1 aliphatic rings. The number of carboxylic acids is 2. The van der Waals surface area contributed by atoms with Gasteiger partial charge in [-0.1, -0.05) is 6.07 Å². The lowest BCUT2D eigenvalue weighted by Crippen LogP contribution is -2.52. The first kappa shape index (κ1) is 37.4. The zero-order chi connectivity index (χ0) is 34.8. The molecule has 0 aliphatic carbocycles. The topological polar surface area (TPSA) is 165 Å². The molecule has 5 N–H and O–H groups in total. The Bertz CT molecular complexity index is 1500. The quantitative estimate of drug-likeness (QED) is 0.239. The van der Waals surface area contributed by atoms with Crippen molar-refractivity contribution < 1.29 is 64.5 Å². The van der Waals surface area contributed by atoms with Crippen LogP contribution in [0.5, 0.6) is 0 Å². The van der Waals surface area contributed by atoms with E-state index in [1.165, 1.54) is 6.07 Å². The van der Waals surface area contributed by atoms with Crippen molar-refractivity contribution in [2.45, 2.75) is 50.2 Å². The number of aromatic nitrogens is 2. The van der Waals surface area contributed by atoms with Crippen molar-refractivity contribution in [1.82, 2.24) is 25.5 Å². The van der Waals surface area contributed by atoms with Crippen LogP contribution in [0.4, 0.5) is 35.1 Å². The monoisotopic (exact) mass is 669 g/mol. The van der Waals surface area contributed by atoms with Crippen LogP contribution in [0.3, 0.4) is 0 Å². The number of likely N-dealkylation sites (tertiary alicyclic amines) is 1. The summed E-state index contributed by atoms with van der Waals surface area (Å²) in [4.78, 5) is 52.8. The van der Waals surface area contributed by atoms with E-state index < -0.39 is 47.9 Å². The molecule has 2 aromatic heterocycles. The van der Waals surface area contributed by atoms with E-state index in [1.807, 2.05) is 24.1 Å². The Hall–Kier alpha value is -4.81. The number of likely N-dealkylation sites (N-methyl/N-ethyl adjacent to an activating group) is 1. The first-order chi connectivity index (χ1) is 21.3. The molecule has 3 aromatic rings. The van der Waals surface area contributed by atoms with Gasteiger partial charge in [0, 0.05) is 30.7 Å². The molecule has 252 valence electrons. The van der Waals surface area contributed by atoms with Crippen molar-refractivity contribution in [1.29, 1.82) is 0 Å². The third-order valence-corrected chi connectivity index (χ3v) is 6.29. The van der Waals surface area contributed by atoms with E-state index in [-0.39, 0.29) is 24.9 Å². The molecule has 2 amide bonds. The summed E-state index contributed by atoms with van der Waals surface area (Å²) >= 11 is 0. The SMILES string of the molecule is CN1CCC[C@@H]1C(=O)N[C@@H](Cc1ccc(F)c(F)c1)C(=O)NCc1cnc2[nH]ccc2c1.O=C(O)C(F)(F)F.O=C(O)C(F)(F)F. The largest absolute Gasteiger partial charge is 0.490 e. The van der Waals surface area contributed by atoms with Crippen LogP contribution in [0.1, 0.15) is 24.0 Å². The highest BCUT2D eigenvalue weighted by Crippen LogP contribution is 2.17. The molecule has 0 bridgehead atoms. The maximum atomic E-state index is 13.7. The number of rotatable bonds is 7. The first-order valence-electron chi connectivity index (χ1n) is 13.0. The lowest BCUT2D eigenvalue weighted by molar-refractivity contribution is -0.193. The van der Waals surface area contributed by atoms with E-state index in [0.29, 0.717) is 12.0 Å². The molecule has 1 saturated heterocycles. The number of carbonyl (C=O) groups excluding carboxylic acids is 2. The average Bonchev–Trinajstić information content (AvgIpc) is 3.61. The van der Waals surface area contributed by atoms with E-state index in [0.717, 1.165) is 41.7 Å². The summed E-state index contributed by atoms with van der Waals surface area (Å²) in [5, 5.41) is 20.8. The lowest BCUT2D eigenvalue weighted by atomic mass is 10.0. The number of benzene rings is 1. The van der Waals surface area contributed by atoms with Gasteiger partial charge in [0.05, 0.1) is 6.04 Å². The third-order valence-electron chi connectivity index (χ3n) is 6.29. The van der Waals surface area contributed by atoms with E-state index in [9.17, 15) is 44.7 Å². The zero-order valence-corrected chi connectivity index (χ0v) is 23.7. The number of carboxylic acid groups (broad SMARTS) is 2. The van der Waals surface area contributed by atoms with Crippen LogP contribution in [-0.2, 0) is 32.1 Å². The van der Waals surface area contributed by atoms with Gasteiger partial charge in [0.1, 0.15) is 11.7 Å². The van der Waals surface area contributed by atoms with Gasteiger partial charge in [-0.25, -0.2) is 23.4 Å². The van der Waals surface area contributed by atoms with Crippen LogP contribution < -0.4 is 10.6 Å². The molecular weight excluding hydrogens is 642 g/mol. The number of nitrogens with one attached hydrogen (secondary N) is 3. The number of aliphatic carboxylic acids is 2. The van der Waals surface area contributed by atoms with Crippen LogP contribution in [0.25, 0.3) is 11.0 Å². The van der Waals surface area contributed by atoms with Gasteiger partial charge in [0.25, 0.3) is 0 Å². The van der Waals surface area contributed by atoms with Gasteiger partial charge in [0.15, 0.2) is 11.6 Å². The molecule has 19 heteroatoms. The van der Waals surface area contributed by atoms with Gasteiger partial charge >= 0.3 is 24.3 Å². The van der Waals surface area contributed by atoms with E-state index >= 15 is 0 Å². The second-order valence-corrected chi connectivity index (χ2v) is 9.74. The van der Waals surface area contributed by atoms with Gasteiger partial charge in [-0.3, -0.25) is 14.5 Å². The number of pyridine rings is 1. The molecule has 11 nitrogen and oxygen atoms in total. The molecule has 0 saturated carbocycles. The Morgan fingerprint density at radius 3 is 2.11 bits per heavy atom. The molecule has 0 radical (unpaired) electrons. The summed E-state index contributed by atoms with van der Waals surface area (Å²) in [5.41, 5.74) is 1.97. The lowest BCUT2D eigenvalue weighted by Gasteiger charge is -2.24. The van der Waals surface area contributed by atoms with Gasteiger partial charge in [-0.15, -0.1) is 0 Å². The van der Waals surface area contributed by atoms with Crippen molar-refractivity contribution in [2.75, 3.05) is 13.6 Å². The number of hydrogen-bond donors (Lipinski definition) is 5.